The maximum Gasteiger partial charge on any atom is 0.409 e. The molecule has 2 atom stereocenters. The van der Waals surface area contributed by atoms with Gasteiger partial charge in [-0.3, -0.25) is 0 Å². The van der Waals surface area contributed by atoms with Gasteiger partial charge >= 0.3 is 12.2 Å². The minimum atomic E-state index is -4.72. The quantitative estimate of drug-likeness (QED) is 0.566. The summed E-state index contributed by atoms with van der Waals surface area (Å²) in [5.41, 5.74) is 2.61. The third kappa shape index (κ3) is 5.16. The van der Waals surface area contributed by atoms with E-state index in [0.717, 1.165) is 5.56 Å². The van der Waals surface area contributed by atoms with Crippen molar-refractivity contribution in [2.75, 3.05) is 13.7 Å². The summed E-state index contributed by atoms with van der Waals surface area (Å²) in [6.07, 6.45) is -0.405. The number of methoxy groups -OCH3 is 1. The molecule has 0 aliphatic carbocycles. The molecule has 2 amide bonds. The second kappa shape index (κ2) is 9.77. The number of hydrogen-bond acceptors (Lipinski definition) is 5. The van der Waals surface area contributed by atoms with Crippen molar-refractivity contribution in [3.8, 4) is 23.2 Å². The van der Waals surface area contributed by atoms with Crippen LogP contribution < -0.4 is 10.1 Å². The minimum absolute atomic E-state index is 0.168. The van der Waals surface area contributed by atoms with Gasteiger partial charge < -0.3 is 19.4 Å². The molecule has 0 radical (unpaired) electrons. The SMILES string of the molecule is CCN(C(=O)NC(CC#N)C(F)(F)F)[C@H](C)c1cccc(-c2cn3ccnc3c(OC)n2)c1. The number of hydrogen-bond donors (Lipinski definition) is 1. The average Bonchev–Trinajstić information content (AvgIpc) is 3.27. The predicted molar refractivity (Wildman–Crippen MR) is 114 cm³/mol. The van der Waals surface area contributed by atoms with Gasteiger partial charge in [0, 0.05) is 30.7 Å². The number of nitrogens with zero attached hydrogens (tertiary/aromatic N) is 5. The fourth-order valence-electron chi connectivity index (χ4n) is 3.48. The van der Waals surface area contributed by atoms with Gasteiger partial charge in [0.1, 0.15) is 6.04 Å². The highest BCUT2D eigenvalue weighted by Crippen LogP contribution is 2.28. The van der Waals surface area contributed by atoms with E-state index in [1.54, 1.807) is 49.0 Å². The number of carbonyl (C=O) groups excluding carboxylic acids is 1. The van der Waals surface area contributed by atoms with Crippen LogP contribution in [0.4, 0.5) is 18.0 Å². The van der Waals surface area contributed by atoms with Crippen LogP contribution in [0.3, 0.4) is 0 Å². The summed E-state index contributed by atoms with van der Waals surface area (Å²) < 4.78 is 46.5. The van der Waals surface area contributed by atoms with Crippen LogP contribution in [-0.2, 0) is 0 Å². The predicted octanol–water partition coefficient (Wildman–Crippen LogP) is 4.34. The molecule has 33 heavy (non-hydrogen) atoms. The third-order valence-electron chi connectivity index (χ3n) is 5.26. The molecule has 0 saturated carbocycles. The van der Waals surface area contributed by atoms with Crippen molar-refractivity contribution in [2.24, 2.45) is 0 Å². The molecule has 0 aliphatic heterocycles. The summed E-state index contributed by atoms with van der Waals surface area (Å²) in [5.74, 6) is 0.348. The second-order valence-electron chi connectivity index (χ2n) is 7.29. The largest absolute Gasteiger partial charge is 0.478 e. The molecule has 1 aromatic carbocycles. The van der Waals surface area contributed by atoms with Crippen molar-refractivity contribution in [2.45, 2.75) is 38.5 Å². The molecule has 2 heterocycles. The smallest absolute Gasteiger partial charge is 0.409 e. The van der Waals surface area contributed by atoms with E-state index in [4.69, 9.17) is 10.00 Å². The van der Waals surface area contributed by atoms with Gasteiger partial charge in [0.15, 0.2) is 5.65 Å². The molecule has 8 nitrogen and oxygen atoms in total. The zero-order chi connectivity index (χ0) is 24.2. The molecule has 3 aromatic rings. The topological polar surface area (TPSA) is 95.6 Å². The number of nitrogens with one attached hydrogen (secondary N) is 1. The molecule has 0 saturated heterocycles. The molecule has 3 rings (SSSR count). The Morgan fingerprint density at radius 2 is 2.15 bits per heavy atom. The number of fused-ring (bicyclic) bond motifs is 1. The number of urea groups is 1. The monoisotopic (exact) mass is 460 g/mol. The second-order valence-corrected chi connectivity index (χ2v) is 7.29. The van der Waals surface area contributed by atoms with Crippen LogP contribution in [0.15, 0.2) is 42.9 Å². The molecule has 1 unspecified atom stereocenters. The minimum Gasteiger partial charge on any atom is -0.478 e. The first-order valence-corrected chi connectivity index (χ1v) is 10.2. The summed E-state index contributed by atoms with van der Waals surface area (Å²) in [6.45, 7) is 3.57. The van der Waals surface area contributed by atoms with Crippen molar-refractivity contribution in [3.63, 3.8) is 0 Å². The molecule has 11 heteroatoms. The molecule has 174 valence electrons. The molecule has 0 fully saturated rings. The summed E-state index contributed by atoms with van der Waals surface area (Å²) in [7, 11) is 1.50. The van der Waals surface area contributed by atoms with Crippen LogP contribution in [0, 0.1) is 11.3 Å². The summed E-state index contributed by atoms with van der Waals surface area (Å²) in [5, 5.41) is 10.6. The number of imidazole rings is 1. The molecule has 0 spiro atoms. The number of ether oxygens (including phenoxy) is 1. The van der Waals surface area contributed by atoms with Crippen LogP contribution in [0.1, 0.15) is 31.9 Å². The van der Waals surface area contributed by atoms with Crippen molar-refractivity contribution in [1.82, 2.24) is 24.6 Å². The number of amides is 2. The van der Waals surface area contributed by atoms with E-state index >= 15 is 0 Å². The average molecular weight is 460 g/mol. The number of nitriles is 1. The molecular formula is C22H23F3N6O2. The van der Waals surface area contributed by atoms with E-state index in [0.29, 0.717) is 22.8 Å². The highest BCUT2D eigenvalue weighted by molar-refractivity contribution is 5.75. The first-order valence-electron chi connectivity index (χ1n) is 10.2. The van der Waals surface area contributed by atoms with Gasteiger partial charge in [-0.25, -0.2) is 14.8 Å². The van der Waals surface area contributed by atoms with E-state index in [-0.39, 0.29) is 6.54 Å². The van der Waals surface area contributed by atoms with Crippen LogP contribution >= 0.6 is 0 Å². The summed E-state index contributed by atoms with van der Waals surface area (Å²) in [6, 6.07) is 5.03. The Bertz CT molecular complexity index is 1170. The van der Waals surface area contributed by atoms with E-state index in [1.165, 1.54) is 18.1 Å². The zero-order valence-electron chi connectivity index (χ0n) is 18.3. The normalized spacial score (nSPS) is 13.2. The van der Waals surface area contributed by atoms with Gasteiger partial charge in [-0.1, -0.05) is 18.2 Å². The summed E-state index contributed by atoms with van der Waals surface area (Å²) in [4.78, 5) is 22.6. The lowest BCUT2D eigenvalue weighted by molar-refractivity contribution is -0.152. The van der Waals surface area contributed by atoms with E-state index in [2.05, 4.69) is 9.97 Å². The molecular weight excluding hydrogens is 437 g/mol. The Hall–Kier alpha value is -3.81. The van der Waals surface area contributed by atoms with Gasteiger partial charge in [0.05, 0.1) is 31.3 Å². The van der Waals surface area contributed by atoms with Gasteiger partial charge in [0.2, 0.25) is 0 Å². The number of rotatable bonds is 7. The fourth-order valence-corrected chi connectivity index (χ4v) is 3.48. The Morgan fingerprint density at radius 1 is 1.39 bits per heavy atom. The molecule has 2 aromatic heterocycles. The van der Waals surface area contributed by atoms with E-state index < -0.39 is 30.7 Å². The standard InChI is InChI=1S/C22H23F3N6O2/c1-4-31(21(32)29-18(8-9-26)22(23,24)25)14(2)15-6-5-7-16(12-15)17-13-30-11-10-27-19(30)20(28-17)33-3/h5-7,10-14,18H,4,8H2,1-3H3,(H,29,32)/t14-,18?/m1/s1. The number of benzene rings is 1. The Morgan fingerprint density at radius 3 is 2.79 bits per heavy atom. The van der Waals surface area contributed by atoms with Crippen molar-refractivity contribution >= 4 is 11.7 Å². The lowest BCUT2D eigenvalue weighted by atomic mass is 10.0. The first-order chi connectivity index (χ1) is 15.7. The van der Waals surface area contributed by atoms with Gasteiger partial charge in [-0.05, 0) is 25.5 Å². The lowest BCUT2D eigenvalue weighted by Gasteiger charge is -2.31. The molecule has 1 N–H and O–H groups in total. The van der Waals surface area contributed by atoms with Gasteiger partial charge in [-0.15, -0.1) is 0 Å². The Labute approximate surface area is 188 Å². The Balaban J connectivity index is 1.88. The fraction of sp³-hybridized carbons (Fsp3) is 0.364. The maximum absolute atomic E-state index is 13.1. The highest BCUT2D eigenvalue weighted by Gasteiger charge is 2.41. The summed E-state index contributed by atoms with van der Waals surface area (Å²) >= 11 is 0. The highest BCUT2D eigenvalue weighted by atomic mass is 19.4. The first kappa shape index (κ1) is 23.8. The van der Waals surface area contributed by atoms with E-state index in [1.807, 2.05) is 17.4 Å². The third-order valence-corrected chi connectivity index (χ3v) is 5.26. The van der Waals surface area contributed by atoms with Crippen LogP contribution in [0.2, 0.25) is 0 Å². The van der Waals surface area contributed by atoms with Gasteiger partial charge in [0.25, 0.3) is 5.88 Å². The lowest BCUT2D eigenvalue weighted by Crippen LogP contribution is -2.51. The van der Waals surface area contributed by atoms with Crippen molar-refractivity contribution in [3.05, 3.63) is 48.4 Å². The van der Waals surface area contributed by atoms with Crippen LogP contribution in [-0.4, -0.2) is 51.2 Å². The van der Waals surface area contributed by atoms with Gasteiger partial charge in [-0.2, -0.15) is 18.4 Å². The number of aromatic nitrogens is 3. The maximum atomic E-state index is 13.1. The number of halogens is 3. The van der Waals surface area contributed by atoms with Crippen LogP contribution in [0.25, 0.3) is 16.9 Å². The van der Waals surface area contributed by atoms with Crippen molar-refractivity contribution in [1.29, 1.82) is 5.26 Å². The zero-order valence-corrected chi connectivity index (χ0v) is 18.3. The van der Waals surface area contributed by atoms with Crippen molar-refractivity contribution < 1.29 is 22.7 Å². The number of carbonyl (C=O) groups is 1. The van der Waals surface area contributed by atoms with E-state index in [9.17, 15) is 18.0 Å². The van der Waals surface area contributed by atoms with Crippen LogP contribution in [0.5, 0.6) is 5.88 Å². The Kier molecular flexibility index (Phi) is 7.06. The number of alkyl halides is 3. The molecule has 0 bridgehead atoms. The molecule has 0 aliphatic rings.